The number of hydrogen-bond acceptors (Lipinski definition) is 1. The molecule has 0 fully saturated rings. The van der Waals surface area contributed by atoms with Crippen molar-refractivity contribution in [3.8, 4) is 0 Å². The molecule has 2 rings (SSSR count). The van der Waals surface area contributed by atoms with Crippen LogP contribution in [-0.2, 0) is 5.54 Å². The molecule has 88 valence electrons. The van der Waals surface area contributed by atoms with Gasteiger partial charge in [-0.3, -0.25) is 0 Å². The van der Waals surface area contributed by atoms with Gasteiger partial charge in [0.25, 0.3) is 0 Å². The Balaban J connectivity index is 2.58. The molecule has 0 radical (unpaired) electrons. The molecule has 2 heteroatoms. The van der Waals surface area contributed by atoms with Gasteiger partial charge in [-0.15, -0.1) is 0 Å². The van der Waals surface area contributed by atoms with Crippen LogP contribution in [0, 0.1) is 6.92 Å². The van der Waals surface area contributed by atoms with Crippen molar-refractivity contribution in [3.63, 3.8) is 0 Å². The predicted molar refractivity (Wildman–Crippen MR) is 73.3 cm³/mol. The molecule has 0 aliphatic carbocycles. The van der Waals surface area contributed by atoms with Crippen LogP contribution in [0.5, 0.6) is 0 Å². The lowest BCUT2D eigenvalue weighted by Crippen LogP contribution is -2.35. The van der Waals surface area contributed by atoms with Crippen LogP contribution >= 0.6 is 11.6 Å². The predicted octanol–water partition coefficient (Wildman–Crippen LogP) is 3.87. The van der Waals surface area contributed by atoms with Crippen molar-refractivity contribution in [2.75, 3.05) is 0 Å². The molecule has 2 aromatic carbocycles. The van der Waals surface area contributed by atoms with E-state index < -0.39 is 5.54 Å². The van der Waals surface area contributed by atoms with Crippen molar-refractivity contribution in [2.24, 2.45) is 5.73 Å². The van der Waals surface area contributed by atoms with E-state index in [1.807, 2.05) is 43.3 Å². The quantitative estimate of drug-likeness (QED) is 0.854. The molecule has 0 amide bonds. The number of rotatable bonds is 2. The fourth-order valence-electron chi connectivity index (χ4n) is 2.18. The van der Waals surface area contributed by atoms with E-state index in [0.717, 1.165) is 11.1 Å². The maximum Gasteiger partial charge on any atom is 0.0654 e. The number of nitrogens with two attached hydrogens (primary N) is 1. The Labute approximate surface area is 107 Å². The summed E-state index contributed by atoms with van der Waals surface area (Å²) >= 11 is 6.23. The Morgan fingerprint density at radius 3 is 2.06 bits per heavy atom. The van der Waals surface area contributed by atoms with Gasteiger partial charge in [0, 0.05) is 5.02 Å². The molecule has 0 aliphatic heterocycles. The summed E-state index contributed by atoms with van der Waals surface area (Å²) in [5, 5.41) is 0.709. The van der Waals surface area contributed by atoms with Gasteiger partial charge in [-0.1, -0.05) is 54.1 Å². The summed E-state index contributed by atoms with van der Waals surface area (Å²) < 4.78 is 0. The highest BCUT2D eigenvalue weighted by Gasteiger charge is 2.26. The molecule has 0 heterocycles. The van der Waals surface area contributed by atoms with Gasteiger partial charge in [0.1, 0.15) is 0 Å². The third-order valence-corrected chi connectivity index (χ3v) is 3.47. The molecule has 17 heavy (non-hydrogen) atoms. The highest BCUT2D eigenvalue weighted by molar-refractivity contribution is 6.31. The first-order chi connectivity index (χ1) is 8.03. The average Bonchev–Trinajstić information content (AvgIpc) is 2.29. The fourth-order valence-corrected chi connectivity index (χ4v) is 2.52. The van der Waals surface area contributed by atoms with Crippen LogP contribution in [0.4, 0.5) is 0 Å². The lowest BCUT2D eigenvalue weighted by atomic mass is 9.83. The second kappa shape index (κ2) is 4.52. The summed E-state index contributed by atoms with van der Waals surface area (Å²) in [5.41, 5.74) is 9.15. The zero-order chi connectivity index (χ0) is 12.5. The van der Waals surface area contributed by atoms with Crippen LogP contribution in [0.1, 0.15) is 23.6 Å². The van der Waals surface area contributed by atoms with E-state index in [1.54, 1.807) is 0 Å². The van der Waals surface area contributed by atoms with E-state index in [9.17, 15) is 0 Å². The summed E-state index contributed by atoms with van der Waals surface area (Å²) in [7, 11) is 0. The Bertz CT molecular complexity index is 484. The highest BCUT2D eigenvalue weighted by atomic mass is 35.5. The van der Waals surface area contributed by atoms with Crippen LogP contribution in [0.3, 0.4) is 0 Å². The standard InChI is InChI=1S/C15H16ClN/c1-11-7-3-4-8-12(11)15(2,17)13-9-5-6-10-14(13)16/h3-10H,17H2,1-2H3. The van der Waals surface area contributed by atoms with E-state index in [1.165, 1.54) is 5.56 Å². The number of halogens is 1. The normalized spacial score (nSPS) is 14.4. The van der Waals surface area contributed by atoms with Crippen LogP contribution in [0.2, 0.25) is 5.02 Å². The van der Waals surface area contributed by atoms with Crippen LogP contribution in [0.15, 0.2) is 48.5 Å². The Kier molecular flexibility index (Phi) is 3.23. The van der Waals surface area contributed by atoms with Gasteiger partial charge in [0.15, 0.2) is 0 Å². The zero-order valence-electron chi connectivity index (χ0n) is 10.1. The SMILES string of the molecule is Cc1ccccc1C(C)(N)c1ccccc1Cl. The van der Waals surface area contributed by atoms with E-state index in [2.05, 4.69) is 19.1 Å². The second-order valence-electron chi connectivity index (χ2n) is 4.50. The van der Waals surface area contributed by atoms with Gasteiger partial charge in [0.05, 0.1) is 5.54 Å². The minimum absolute atomic E-state index is 0.566. The van der Waals surface area contributed by atoms with E-state index in [0.29, 0.717) is 5.02 Å². The molecule has 2 aromatic rings. The Morgan fingerprint density at radius 2 is 1.47 bits per heavy atom. The molecule has 0 saturated heterocycles. The third-order valence-electron chi connectivity index (χ3n) is 3.14. The lowest BCUT2D eigenvalue weighted by molar-refractivity contribution is 0.599. The smallest absolute Gasteiger partial charge is 0.0654 e. The van der Waals surface area contributed by atoms with E-state index in [-0.39, 0.29) is 0 Å². The zero-order valence-corrected chi connectivity index (χ0v) is 10.8. The van der Waals surface area contributed by atoms with Gasteiger partial charge < -0.3 is 5.73 Å². The van der Waals surface area contributed by atoms with Gasteiger partial charge in [0.2, 0.25) is 0 Å². The summed E-state index contributed by atoms with van der Waals surface area (Å²) in [6.07, 6.45) is 0. The topological polar surface area (TPSA) is 26.0 Å². The van der Waals surface area contributed by atoms with Crippen LogP contribution in [0.25, 0.3) is 0 Å². The minimum Gasteiger partial charge on any atom is -0.318 e. The minimum atomic E-state index is -0.566. The molecule has 1 nitrogen and oxygen atoms in total. The molecule has 0 saturated carbocycles. The van der Waals surface area contributed by atoms with Gasteiger partial charge in [-0.2, -0.15) is 0 Å². The molecule has 0 aliphatic rings. The number of hydrogen-bond donors (Lipinski definition) is 1. The second-order valence-corrected chi connectivity index (χ2v) is 4.90. The van der Waals surface area contributed by atoms with Crippen molar-refractivity contribution in [3.05, 3.63) is 70.2 Å². The monoisotopic (exact) mass is 245 g/mol. The Hall–Kier alpha value is -1.31. The van der Waals surface area contributed by atoms with E-state index >= 15 is 0 Å². The first-order valence-corrected chi connectivity index (χ1v) is 6.01. The van der Waals surface area contributed by atoms with Crippen molar-refractivity contribution in [1.29, 1.82) is 0 Å². The number of benzene rings is 2. The van der Waals surface area contributed by atoms with Crippen molar-refractivity contribution >= 4 is 11.6 Å². The van der Waals surface area contributed by atoms with Gasteiger partial charge in [-0.25, -0.2) is 0 Å². The summed E-state index contributed by atoms with van der Waals surface area (Å²) in [6.45, 7) is 4.06. The molecule has 1 atom stereocenters. The van der Waals surface area contributed by atoms with E-state index in [4.69, 9.17) is 17.3 Å². The summed E-state index contributed by atoms with van der Waals surface area (Å²) in [5.74, 6) is 0. The Morgan fingerprint density at radius 1 is 0.941 bits per heavy atom. The molecule has 0 bridgehead atoms. The molecule has 0 aromatic heterocycles. The highest BCUT2D eigenvalue weighted by Crippen LogP contribution is 2.33. The first kappa shape index (κ1) is 12.2. The van der Waals surface area contributed by atoms with Crippen LogP contribution < -0.4 is 5.73 Å². The van der Waals surface area contributed by atoms with Crippen LogP contribution in [-0.4, -0.2) is 0 Å². The average molecular weight is 246 g/mol. The molecule has 0 spiro atoms. The number of aryl methyl sites for hydroxylation is 1. The fraction of sp³-hybridized carbons (Fsp3) is 0.200. The third kappa shape index (κ3) is 2.21. The lowest BCUT2D eigenvalue weighted by Gasteiger charge is -2.28. The van der Waals surface area contributed by atoms with Gasteiger partial charge in [-0.05, 0) is 36.6 Å². The largest absolute Gasteiger partial charge is 0.318 e. The molecule has 1 unspecified atom stereocenters. The van der Waals surface area contributed by atoms with Crippen molar-refractivity contribution in [1.82, 2.24) is 0 Å². The molecule has 2 N–H and O–H groups in total. The van der Waals surface area contributed by atoms with Crippen molar-refractivity contribution in [2.45, 2.75) is 19.4 Å². The molecular weight excluding hydrogens is 230 g/mol. The maximum absolute atomic E-state index is 6.48. The summed E-state index contributed by atoms with van der Waals surface area (Å²) in [4.78, 5) is 0. The maximum atomic E-state index is 6.48. The molecular formula is C15H16ClN. The first-order valence-electron chi connectivity index (χ1n) is 5.63. The van der Waals surface area contributed by atoms with Gasteiger partial charge >= 0.3 is 0 Å². The summed E-state index contributed by atoms with van der Waals surface area (Å²) in [6, 6.07) is 15.9. The van der Waals surface area contributed by atoms with Crippen molar-refractivity contribution < 1.29 is 0 Å².